The molecule has 0 aromatic rings. The standard InChI is InChI=1S/C10H21FO3/c1-2-3-5-12-7-9-14-10-8-13-6-4-11/h2-10H2,1H3. The summed E-state index contributed by atoms with van der Waals surface area (Å²) in [6, 6.07) is 0. The Labute approximate surface area is 85.5 Å². The van der Waals surface area contributed by atoms with E-state index in [1.165, 1.54) is 0 Å². The largest absolute Gasteiger partial charge is 0.379 e. The summed E-state index contributed by atoms with van der Waals surface area (Å²) < 4.78 is 26.9. The molecule has 0 amide bonds. The highest BCUT2D eigenvalue weighted by molar-refractivity contribution is 4.35. The zero-order chi connectivity index (χ0) is 10.5. The summed E-state index contributed by atoms with van der Waals surface area (Å²) in [5.41, 5.74) is 0. The molecule has 14 heavy (non-hydrogen) atoms. The zero-order valence-electron chi connectivity index (χ0n) is 8.97. The van der Waals surface area contributed by atoms with Gasteiger partial charge in [-0.25, -0.2) is 4.39 Å². The number of alkyl halides is 1. The van der Waals surface area contributed by atoms with Crippen LogP contribution in [0, 0.1) is 0 Å². The molecule has 0 N–H and O–H groups in total. The normalized spacial score (nSPS) is 10.7. The highest BCUT2D eigenvalue weighted by Gasteiger charge is 1.90. The topological polar surface area (TPSA) is 27.7 Å². The van der Waals surface area contributed by atoms with E-state index >= 15 is 0 Å². The number of rotatable bonds is 11. The van der Waals surface area contributed by atoms with E-state index < -0.39 is 6.67 Å². The molecule has 0 aromatic carbocycles. The minimum Gasteiger partial charge on any atom is -0.379 e. The summed E-state index contributed by atoms with van der Waals surface area (Å²) in [5.74, 6) is 0. The third-order valence-electron chi connectivity index (χ3n) is 1.61. The average Bonchev–Trinajstić information content (AvgIpc) is 2.21. The lowest BCUT2D eigenvalue weighted by atomic mass is 10.4. The third-order valence-corrected chi connectivity index (χ3v) is 1.61. The molecular weight excluding hydrogens is 187 g/mol. The van der Waals surface area contributed by atoms with Crippen molar-refractivity contribution in [3.05, 3.63) is 0 Å². The van der Waals surface area contributed by atoms with Crippen LogP contribution in [0.3, 0.4) is 0 Å². The molecule has 0 unspecified atom stereocenters. The second-order valence-corrected chi connectivity index (χ2v) is 2.88. The Morgan fingerprint density at radius 2 is 1.29 bits per heavy atom. The molecule has 86 valence electrons. The molecule has 4 heteroatoms. The predicted octanol–water partition coefficient (Wildman–Crippen LogP) is 1.81. The van der Waals surface area contributed by atoms with Gasteiger partial charge in [-0.2, -0.15) is 0 Å². The van der Waals surface area contributed by atoms with Crippen molar-refractivity contribution in [3.63, 3.8) is 0 Å². The molecule has 0 atom stereocenters. The average molecular weight is 208 g/mol. The van der Waals surface area contributed by atoms with Gasteiger partial charge in [-0.05, 0) is 6.42 Å². The van der Waals surface area contributed by atoms with E-state index in [1.54, 1.807) is 0 Å². The first kappa shape index (κ1) is 13.8. The van der Waals surface area contributed by atoms with Gasteiger partial charge in [-0.3, -0.25) is 0 Å². The van der Waals surface area contributed by atoms with Gasteiger partial charge in [0.15, 0.2) is 0 Å². The molecule has 0 spiro atoms. The zero-order valence-corrected chi connectivity index (χ0v) is 8.97. The lowest BCUT2D eigenvalue weighted by Crippen LogP contribution is -2.10. The van der Waals surface area contributed by atoms with Crippen LogP contribution in [0.1, 0.15) is 19.8 Å². The molecule has 0 aliphatic carbocycles. The molecule has 0 saturated heterocycles. The fraction of sp³-hybridized carbons (Fsp3) is 1.00. The van der Waals surface area contributed by atoms with Crippen molar-refractivity contribution in [2.75, 3.05) is 46.3 Å². The summed E-state index contributed by atoms with van der Waals surface area (Å²) in [6.45, 7) is 4.85. The van der Waals surface area contributed by atoms with Gasteiger partial charge in [0.25, 0.3) is 0 Å². The van der Waals surface area contributed by atoms with Gasteiger partial charge in [-0.1, -0.05) is 13.3 Å². The van der Waals surface area contributed by atoms with Crippen LogP contribution in [0.5, 0.6) is 0 Å². The third kappa shape index (κ3) is 11.8. The number of ether oxygens (including phenoxy) is 3. The lowest BCUT2D eigenvalue weighted by molar-refractivity contribution is 0.0119. The fourth-order valence-corrected chi connectivity index (χ4v) is 0.843. The van der Waals surface area contributed by atoms with Gasteiger partial charge in [-0.15, -0.1) is 0 Å². The van der Waals surface area contributed by atoms with Crippen LogP contribution >= 0.6 is 0 Å². The van der Waals surface area contributed by atoms with E-state index in [0.717, 1.165) is 19.4 Å². The Morgan fingerprint density at radius 1 is 0.786 bits per heavy atom. The van der Waals surface area contributed by atoms with E-state index in [0.29, 0.717) is 26.4 Å². The van der Waals surface area contributed by atoms with Crippen molar-refractivity contribution < 1.29 is 18.6 Å². The van der Waals surface area contributed by atoms with Crippen molar-refractivity contribution in [1.82, 2.24) is 0 Å². The number of hydrogen-bond donors (Lipinski definition) is 0. The van der Waals surface area contributed by atoms with Crippen LogP contribution in [0.4, 0.5) is 4.39 Å². The molecule has 0 aliphatic heterocycles. The Morgan fingerprint density at radius 3 is 1.79 bits per heavy atom. The van der Waals surface area contributed by atoms with Crippen LogP contribution in [0.15, 0.2) is 0 Å². The van der Waals surface area contributed by atoms with Gasteiger partial charge in [0.1, 0.15) is 6.67 Å². The first-order valence-electron chi connectivity index (χ1n) is 5.21. The molecule has 0 rings (SSSR count). The molecule has 0 bridgehead atoms. The smallest absolute Gasteiger partial charge is 0.113 e. The SMILES string of the molecule is CCCCOCCOCCOCCF. The minimum atomic E-state index is -0.430. The Hall–Kier alpha value is -0.190. The predicted molar refractivity (Wildman–Crippen MR) is 53.3 cm³/mol. The van der Waals surface area contributed by atoms with E-state index in [2.05, 4.69) is 6.92 Å². The number of unbranched alkanes of at least 4 members (excludes halogenated alkanes) is 1. The summed E-state index contributed by atoms with van der Waals surface area (Å²) >= 11 is 0. The first-order chi connectivity index (χ1) is 6.91. The second kappa shape index (κ2) is 12.8. The first-order valence-corrected chi connectivity index (χ1v) is 5.21. The van der Waals surface area contributed by atoms with Crippen LogP contribution < -0.4 is 0 Å². The molecule has 0 aliphatic rings. The van der Waals surface area contributed by atoms with Crippen LogP contribution in [-0.4, -0.2) is 46.3 Å². The van der Waals surface area contributed by atoms with E-state index in [4.69, 9.17) is 14.2 Å². The monoisotopic (exact) mass is 208 g/mol. The van der Waals surface area contributed by atoms with Crippen molar-refractivity contribution >= 4 is 0 Å². The van der Waals surface area contributed by atoms with Crippen molar-refractivity contribution in [3.8, 4) is 0 Å². The molecule has 0 saturated carbocycles. The van der Waals surface area contributed by atoms with Gasteiger partial charge < -0.3 is 14.2 Å². The quantitative estimate of drug-likeness (QED) is 0.485. The summed E-state index contributed by atoms with van der Waals surface area (Å²) in [4.78, 5) is 0. The molecule has 3 nitrogen and oxygen atoms in total. The molecule has 0 radical (unpaired) electrons. The van der Waals surface area contributed by atoms with E-state index in [1.807, 2.05) is 0 Å². The van der Waals surface area contributed by atoms with Gasteiger partial charge >= 0.3 is 0 Å². The highest BCUT2D eigenvalue weighted by atomic mass is 19.1. The lowest BCUT2D eigenvalue weighted by Gasteiger charge is -2.05. The van der Waals surface area contributed by atoms with Gasteiger partial charge in [0.2, 0.25) is 0 Å². The number of halogens is 1. The van der Waals surface area contributed by atoms with Crippen LogP contribution in [0.2, 0.25) is 0 Å². The Bertz CT molecular complexity index is 89.4. The molecule has 0 heterocycles. The van der Waals surface area contributed by atoms with Crippen LogP contribution in [0.25, 0.3) is 0 Å². The maximum absolute atomic E-state index is 11.6. The molecular formula is C10H21FO3. The van der Waals surface area contributed by atoms with Crippen molar-refractivity contribution in [1.29, 1.82) is 0 Å². The second-order valence-electron chi connectivity index (χ2n) is 2.88. The van der Waals surface area contributed by atoms with Crippen molar-refractivity contribution in [2.45, 2.75) is 19.8 Å². The molecule has 0 aromatic heterocycles. The Kier molecular flexibility index (Phi) is 12.6. The highest BCUT2D eigenvalue weighted by Crippen LogP contribution is 1.87. The fourth-order valence-electron chi connectivity index (χ4n) is 0.843. The minimum absolute atomic E-state index is 0.163. The van der Waals surface area contributed by atoms with Gasteiger partial charge in [0, 0.05) is 6.61 Å². The molecule has 0 fully saturated rings. The van der Waals surface area contributed by atoms with Gasteiger partial charge in [0.05, 0.1) is 33.0 Å². The van der Waals surface area contributed by atoms with Crippen molar-refractivity contribution in [2.24, 2.45) is 0 Å². The summed E-state index contributed by atoms with van der Waals surface area (Å²) in [6.07, 6.45) is 2.25. The maximum atomic E-state index is 11.6. The van der Waals surface area contributed by atoms with E-state index in [9.17, 15) is 4.39 Å². The number of hydrogen-bond acceptors (Lipinski definition) is 3. The summed E-state index contributed by atoms with van der Waals surface area (Å²) in [7, 11) is 0. The maximum Gasteiger partial charge on any atom is 0.113 e. The van der Waals surface area contributed by atoms with E-state index in [-0.39, 0.29) is 6.61 Å². The summed E-state index contributed by atoms with van der Waals surface area (Å²) in [5, 5.41) is 0. The van der Waals surface area contributed by atoms with Crippen LogP contribution in [-0.2, 0) is 14.2 Å². The Balaban J connectivity index is 2.78.